The van der Waals surface area contributed by atoms with Crippen LogP contribution in [0.15, 0.2) is 30.6 Å². The first kappa shape index (κ1) is 15.5. The average molecular weight is 334 g/mol. The number of rotatable bonds is 4. The highest BCUT2D eigenvalue weighted by Gasteiger charge is 2.29. The van der Waals surface area contributed by atoms with Crippen LogP contribution in [0.4, 0.5) is 5.95 Å². The third kappa shape index (κ3) is 3.43. The molecular formula is C18H18N6O. The summed E-state index contributed by atoms with van der Waals surface area (Å²) in [5.41, 5.74) is 1.82. The van der Waals surface area contributed by atoms with Crippen LogP contribution in [-0.2, 0) is 0 Å². The van der Waals surface area contributed by atoms with Crippen LogP contribution in [0.1, 0.15) is 46.9 Å². The lowest BCUT2D eigenvalue weighted by atomic mass is 10.2. The second-order valence-electron chi connectivity index (χ2n) is 6.50. The molecule has 1 unspecified atom stereocenters. The van der Waals surface area contributed by atoms with Gasteiger partial charge in [-0.15, -0.1) is 0 Å². The number of nitrogens with zero attached hydrogens (tertiary/aromatic N) is 5. The van der Waals surface area contributed by atoms with Gasteiger partial charge in [0, 0.05) is 48.7 Å². The maximum atomic E-state index is 12.4. The summed E-state index contributed by atoms with van der Waals surface area (Å²) < 4.78 is 0. The number of aromatic nitrogens is 3. The Kier molecular flexibility index (Phi) is 4.02. The minimum absolute atomic E-state index is 0.0411. The SMILES string of the molecule is N#Cc1cc(C(=O)NC2CCN(c3nccc(C4CC4)n3)C2)ccn1. The first-order chi connectivity index (χ1) is 12.2. The molecule has 2 fully saturated rings. The fraction of sp³-hybridized carbons (Fsp3) is 0.389. The van der Waals surface area contributed by atoms with E-state index in [9.17, 15) is 4.79 Å². The number of pyridine rings is 1. The second-order valence-corrected chi connectivity index (χ2v) is 6.50. The molecule has 1 saturated heterocycles. The number of nitrogens with one attached hydrogen (secondary N) is 1. The number of carbonyl (C=O) groups is 1. The number of anilines is 1. The molecule has 2 aromatic rings. The number of hydrogen-bond donors (Lipinski definition) is 1. The van der Waals surface area contributed by atoms with Crippen LogP contribution in [0.2, 0.25) is 0 Å². The minimum Gasteiger partial charge on any atom is -0.347 e. The lowest BCUT2D eigenvalue weighted by Crippen LogP contribution is -2.37. The molecule has 1 amide bonds. The highest BCUT2D eigenvalue weighted by molar-refractivity contribution is 5.94. The van der Waals surface area contributed by atoms with E-state index in [-0.39, 0.29) is 17.6 Å². The molecule has 3 heterocycles. The maximum absolute atomic E-state index is 12.4. The van der Waals surface area contributed by atoms with Gasteiger partial charge in [0.25, 0.3) is 5.91 Å². The van der Waals surface area contributed by atoms with E-state index >= 15 is 0 Å². The quantitative estimate of drug-likeness (QED) is 0.913. The van der Waals surface area contributed by atoms with Crippen molar-refractivity contribution >= 4 is 11.9 Å². The summed E-state index contributed by atoms with van der Waals surface area (Å²) in [6, 6.07) is 7.10. The van der Waals surface area contributed by atoms with Gasteiger partial charge in [-0.1, -0.05) is 0 Å². The van der Waals surface area contributed by atoms with Gasteiger partial charge in [0.2, 0.25) is 5.95 Å². The lowest BCUT2D eigenvalue weighted by molar-refractivity contribution is 0.0940. The van der Waals surface area contributed by atoms with Gasteiger partial charge in [0.05, 0.1) is 0 Å². The summed E-state index contributed by atoms with van der Waals surface area (Å²) in [5, 5.41) is 11.9. The van der Waals surface area contributed by atoms with Crippen molar-refractivity contribution in [1.29, 1.82) is 5.26 Å². The van der Waals surface area contributed by atoms with Crippen LogP contribution in [0, 0.1) is 11.3 Å². The van der Waals surface area contributed by atoms with Crippen molar-refractivity contribution in [3.63, 3.8) is 0 Å². The number of nitriles is 1. The monoisotopic (exact) mass is 334 g/mol. The molecule has 1 atom stereocenters. The molecule has 4 rings (SSSR count). The Hall–Kier alpha value is -3.01. The molecule has 0 radical (unpaired) electrons. The molecule has 1 aliphatic carbocycles. The van der Waals surface area contributed by atoms with Gasteiger partial charge < -0.3 is 10.2 Å². The van der Waals surface area contributed by atoms with Crippen LogP contribution in [0.5, 0.6) is 0 Å². The summed E-state index contributed by atoms with van der Waals surface area (Å²) in [6.45, 7) is 1.51. The average Bonchev–Trinajstić information content (AvgIpc) is 3.41. The fourth-order valence-corrected chi connectivity index (χ4v) is 3.08. The van der Waals surface area contributed by atoms with Crippen LogP contribution >= 0.6 is 0 Å². The molecular weight excluding hydrogens is 316 g/mol. The summed E-state index contributed by atoms with van der Waals surface area (Å²) in [6.07, 6.45) is 6.57. The van der Waals surface area contributed by atoms with E-state index in [0.29, 0.717) is 18.0 Å². The largest absolute Gasteiger partial charge is 0.347 e. The molecule has 0 aromatic carbocycles. The zero-order valence-corrected chi connectivity index (χ0v) is 13.7. The van der Waals surface area contributed by atoms with Crippen molar-refractivity contribution in [3.8, 4) is 6.07 Å². The predicted molar refractivity (Wildman–Crippen MR) is 91.0 cm³/mol. The first-order valence-electron chi connectivity index (χ1n) is 8.48. The third-order valence-electron chi connectivity index (χ3n) is 4.60. The van der Waals surface area contributed by atoms with Gasteiger partial charge in [-0.05, 0) is 37.5 Å². The molecule has 1 aliphatic heterocycles. The Balaban J connectivity index is 1.40. The minimum atomic E-state index is -0.182. The molecule has 7 nitrogen and oxygen atoms in total. The molecule has 25 heavy (non-hydrogen) atoms. The molecule has 1 saturated carbocycles. The van der Waals surface area contributed by atoms with Gasteiger partial charge in [0.1, 0.15) is 11.8 Å². The summed E-state index contributed by atoms with van der Waals surface area (Å²) in [4.78, 5) is 27.4. The summed E-state index contributed by atoms with van der Waals surface area (Å²) in [5.74, 6) is 1.16. The first-order valence-corrected chi connectivity index (χ1v) is 8.48. The highest BCUT2D eigenvalue weighted by Crippen LogP contribution is 2.39. The Bertz CT molecular complexity index is 841. The van der Waals surface area contributed by atoms with E-state index in [1.54, 1.807) is 6.07 Å². The zero-order valence-electron chi connectivity index (χ0n) is 13.7. The van der Waals surface area contributed by atoms with Crippen LogP contribution in [0.3, 0.4) is 0 Å². The van der Waals surface area contributed by atoms with Crippen LogP contribution in [-0.4, -0.2) is 40.0 Å². The second kappa shape index (κ2) is 6.48. The number of carbonyl (C=O) groups excluding carboxylic acids is 1. The summed E-state index contributed by atoms with van der Waals surface area (Å²) in [7, 11) is 0. The van der Waals surface area contributed by atoms with E-state index in [4.69, 9.17) is 5.26 Å². The van der Waals surface area contributed by atoms with Gasteiger partial charge in [0.15, 0.2) is 0 Å². The van der Waals surface area contributed by atoms with Crippen LogP contribution in [0.25, 0.3) is 0 Å². The Morgan fingerprint density at radius 2 is 2.08 bits per heavy atom. The van der Waals surface area contributed by atoms with Gasteiger partial charge in [-0.25, -0.2) is 15.0 Å². The lowest BCUT2D eigenvalue weighted by Gasteiger charge is -2.17. The van der Waals surface area contributed by atoms with E-state index in [1.165, 1.54) is 25.1 Å². The molecule has 0 spiro atoms. The smallest absolute Gasteiger partial charge is 0.251 e. The molecule has 0 bridgehead atoms. The van der Waals surface area contributed by atoms with E-state index in [1.807, 2.05) is 18.3 Å². The van der Waals surface area contributed by atoms with Crippen molar-refractivity contribution in [2.75, 3.05) is 18.0 Å². The molecule has 2 aromatic heterocycles. The van der Waals surface area contributed by atoms with Crippen molar-refractivity contribution in [2.24, 2.45) is 0 Å². The highest BCUT2D eigenvalue weighted by atomic mass is 16.1. The molecule has 126 valence electrons. The zero-order chi connectivity index (χ0) is 17.2. The van der Waals surface area contributed by atoms with E-state index in [0.717, 1.165) is 24.6 Å². The maximum Gasteiger partial charge on any atom is 0.251 e. The van der Waals surface area contributed by atoms with Crippen molar-refractivity contribution in [3.05, 3.63) is 47.5 Å². The van der Waals surface area contributed by atoms with E-state index < -0.39 is 0 Å². The van der Waals surface area contributed by atoms with Crippen molar-refractivity contribution < 1.29 is 4.79 Å². The number of amides is 1. The van der Waals surface area contributed by atoms with Gasteiger partial charge in [-0.2, -0.15) is 5.26 Å². The molecule has 2 aliphatic rings. The van der Waals surface area contributed by atoms with Crippen LogP contribution < -0.4 is 10.2 Å². The summed E-state index contributed by atoms with van der Waals surface area (Å²) >= 11 is 0. The topological polar surface area (TPSA) is 94.8 Å². The van der Waals surface area contributed by atoms with E-state index in [2.05, 4.69) is 25.2 Å². The van der Waals surface area contributed by atoms with Gasteiger partial charge in [-0.3, -0.25) is 4.79 Å². The normalized spacial score (nSPS) is 19.5. The Labute approximate surface area is 145 Å². The van der Waals surface area contributed by atoms with Crippen molar-refractivity contribution in [2.45, 2.75) is 31.2 Å². The van der Waals surface area contributed by atoms with Crippen molar-refractivity contribution in [1.82, 2.24) is 20.3 Å². The standard InChI is InChI=1S/C18H18N6O/c19-10-15-9-13(3-6-20-15)17(25)22-14-5-8-24(11-14)18-21-7-4-16(23-18)12-1-2-12/h3-4,6-7,9,12,14H,1-2,5,8,11H2,(H,22,25). The third-order valence-corrected chi connectivity index (χ3v) is 4.60. The molecule has 1 N–H and O–H groups in total. The predicted octanol–water partition coefficient (Wildman–Crippen LogP) is 1.63. The Morgan fingerprint density at radius 3 is 2.88 bits per heavy atom. The Morgan fingerprint density at radius 1 is 1.24 bits per heavy atom. The molecule has 7 heteroatoms. The fourth-order valence-electron chi connectivity index (χ4n) is 3.08. The van der Waals surface area contributed by atoms with Gasteiger partial charge >= 0.3 is 0 Å². The number of hydrogen-bond acceptors (Lipinski definition) is 6.